The third-order valence-corrected chi connectivity index (χ3v) is 5.39. The number of hydrogen-bond acceptors (Lipinski definition) is 3. The number of rotatable bonds is 2. The molecule has 0 spiro atoms. The van der Waals surface area contributed by atoms with E-state index < -0.39 is 0 Å². The summed E-state index contributed by atoms with van der Waals surface area (Å²) in [5, 5.41) is 4.50. The predicted molar refractivity (Wildman–Crippen MR) is 69.3 cm³/mol. The minimum atomic E-state index is 0.532. The lowest BCUT2D eigenvalue weighted by molar-refractivity contribution is -0.0359. The van der Waals surface area contributed by atoms with Gasteiger partial charge in [0.05, 0.1) is 13.2 Å². The number of aromatic nitrogens is 2. The molecule has 4 heteroatoms. The van der Waals surface area contributed by atoms with Crippen LogP contribution in [0, 0.1) is 23.7 Å². The van der Waals surface area contributed by atoms with Gasteiger partial charge in [0.1, 0.15) is 5.82 Å². The van der Waals surface area contributed by atoms with Gasteiger partial charge < -0.3 is 10.5 Å². The Morgan fingerprint density at radius 1 is 1.17 bits per heavy atom. The quantitative estimate of drug-likeness (QED) is 0.873. The van der Waals surface area contributed by atoms with Crippen LogP contribution in [0.1, 0.15) is 38.1 Å². The molecule has 5 rings (SSSR count). The highest BCUT2D eigenvalue weighted by atomic mass is 16.5. The van der Waals surface area contributed by atoms with E-state index in [0.29, 0.717) is 11.9 Å². The van der Waals surface area contributed by atoms with Crippen molar-refractivity contribution in [2.75, 3.05) is 12.8 Å². The van der Waals surface area contributed by atoms with Crippen molar-refractivity contribution in [3.63, 3.8) is 0 Å². The molecule has 0 amide bonds. The standard InChI is InChI=1S/C14H21N3O/c1-18-13-7-12(15)16-17(13)14-10-3-8-2-9(5-10)6-11(14)4-8/h7-11,14H,2-6H2,1H3,(H2,15,16). The molecule has 0 aromatic carbocycles. The Hall–Kier alpha value is -1.19. The summed E-state index contributed by atoms with van der Waals surface area (Å²) in [6, 6.07) is 2.38. The van der Waals surface area contributed by atoms with E-state index in [-0.39, 0.29) is 0 Å². The summed E-state index contributed by atoms with van der Waals surface area (Å²) in [7, 11) is 1.71. The molecule has 2 N–H and O–H groups in total. The lowest BCUT2D eigenvalue weighted by Crippen LogP contribution is -2.46. The van der Waals surface area contributed by atoms with Crippen LogP contribution in [0.5, 0.6) is 5.88 Å². The highest BCUT2D eigenvalue weighted by Crippen LogP contribution is 2.58. The number of nitrogens with zero attached hydrogens (tertiary/aromatic N) is 2. The molecule has 4 saturated carbocycles. The first-order chi connectivity index (χ1) is 8.74. The van der Waals surface area contributed by atoms with Gasteiger partial charge in [-0.1, -0.05) is 0 Å². The van der Waals surface area contributed by atoms with Gasteiger partial charge in [0, 0.05) is 6.07 Å². The zero-order valence-corrected chi connectivity index (χ0v) is 10.9. The summed E-state index contributed by atoms with van der Waals surface area (Å²) in [5.74, 6) is 5.00. The van der Waals surface area contributed by atoms with E-state index in [1.165, 1.54) is 32.1 Å². The summed E-state index contributed by atoms with van der Waals surface area (Å²) in [5.41, 5.74) is 5.84. The second-order valence-electron chi connectivity index (χ2n) is 6.48. The first-order valence-corrected chi connectivity index (χ1v) is 7.13. The van der Waals surface area contributed by atoms with Gasteiger partial charge in [0.2, 0.25) is 5.88 Å². The maximum Gasteiger partial charge on any atom is 0.213 e. The molecule has 0 unspecified atom stereocenters. The smallest absolute Gasteiger partial charge is 0.213 e. The van der Waals surface area contributed by atoms with Crippen LogP contribution in [0.15, 0.2) is 6.07 Å². The van der Waals surface area contributed by atoms with Crippen molar-refractivity contribution >= 4 is 5.82 Å². The molecule has 4 bridgehead atoms. The fraction of sp³-hybridized carbons (Fsp3) is 0.786. The third kappa shape index (κ3) is 1.41. The Bertz CT molecular complexity index is 440. The number of ether oxygens (including phenoxy) is 1. The first kappa shape index (κ1) is 10.7. The number of anilines is 1. The second-order valence-corrected chi connectivity index (χ2v) is 6.48. The fourth-order valence-electron chi connectivity index (χ4n) is 5.06. The number of hydrogen-bond donors (Lipinski definition) is 1. The SMILES string of the molecule is COc1cc(N)nn1C1C2CC3CC(C2)CC1C3. The number of methoxy groups -OCH3 is 1. The topological polar surface area (TPSA) is 53.1 Å². The molecular formula is C14H21N3O. The van der Waals surface area contributed by atoms with Crippen LogP contribution in [0.25, 0.3) is 0 Å². The van der Waals surface area contributed by atoms with E-state index in [1.807, 2.05) is 6.07 Å². The van der Waals surface area contributed by atoms with Gasteiger partial charge >= 0.3 is 0 Å². The number of nitrogen functional groups attached to an aromatic ring is 1. The van der Waals surface area contributed by atoms with Gasteiger partial charge in [0.15, 0.2) is 0 Å². The summed E-state index contributed by atoms with van der Waals surface area (Å²) in [4.78, 5) is 0. The summed E-state index contributed by atoms with van der Waals surface area (Å²) in [6.07, 6.45) is 7.04. The predicted octanol–water partition coefficient (Wildman–Crippen LogP) is 2.47. The molecule has 1 heterocycles. The fourth-order valence-corrected chi connectivity index (χ4v) is 5.06. The minimum Gasteiger partial charge on any atom is -0.481 e. The first-order valence-electron chi connectivity index (χ1n) is 7.13. The summed E-state index contributed by atoms with van der Waals surface area (Å²) < 4.78 is 7.53. The highest BCUT2D eigenvalue weighted by molar-refractivity contribution is 5.33. The zero-order valence-electron chi connectivity index (χ0n) is 10.9. The number of nitrogens with two attached hydrogens (primary N) is 1. The van der Waals surface area contributed by atoms with E-state index in [9.17, 15) is 0 Å². The minimum absolute atomic E-state index is 0.532. The van der Waals surface area contributed by atoms with Gasteiger partial charge in [-0.05, 0) is 55.8 Å². The molecule has 4 aliphatic carbocycles. The molecule has 4 nitrogen and oxygen atoms in total. The largest absolute Gasteiger partial charge is 0.481 e. The van der Waals surface area contributed by atoms with E-state index in [0.717, 1.165) is 29.6 Å². The van der Waals surface area contributed by atoms with Crippen molar-refractivity contribution in [3.05, 3.63) is 6.07 Å². The van der Waals surface area contributed by atoms with Crippen LogP contribution in [-0.2, 0) is 0 Å². The Kier molecular flexibility index (Phi) is 2.17. The van der Waals surface area contributed by atoms with Crippen LogP contribution in [0.4, 0.5) is 5.82 Å². The van der Waals surface area contributed by atoms with Gasteiger partial charge in [-0.2, -0.15) is 5.10 Å². The van der Waals surface area contributed by atoms with Crippen molar-refractivity contribution in [1.29, 1.82) is 0 Å². The van der Waals surface area contributed by atoms with E-state index >= 15 is 0 Å². The molecule has 0 aliphatic heterocycles. The second kappa shape index (κ2) is 3.65. The van der Waals surface area contributed by atoms with Crippen molar-refractivity contribution in [2.45, 2.75) is 38.1 Å². The molecule has 0 atom stereocenters. The van der Waals surface area contributed by atoms with Crippen LogP contribution in [-0.4, -0.2) is 16.9 Å². The monoisotopic (exact) mass is 247 g/mol. The molecule has 0 saturated heterocycles. The maximum absolute atomic E-state index is 5.84. The molecule has 1 aromatic rings. The summed E-state index contributed by atoms with van der Waals surface area (Å²) >= 11 is 0. The molecular weight excluding hydrogens is 226 g/mol. The van der Waals surface area contributed by atoms with Gasteiger partial charge in [0.25, 0.3) is 0 Å². The van der Waals surface area contributed by atoms with Crippen LogP contribution in [0.2, 0.25) is 0 Å². The molecule has 0 radical (unpaired) electrons. The molecule has 18 heavy (non-hydrogen) atoms. The lowest BCUT2D eigenvalue weighted by atomic mass is 9.54. The molecule has 1 aromatic heterocycles. The van der Waals surface area contributed by atoms with Crippen LogP contribution < -0.4 is 10.5 Å². The molecule has 4 fully saturated rings. The van der Waals surface area contributed by atoms with Crippen molar-refractivity contribution in [3.8, 4) is 5.88 Å². The Labute approximate surface area is 107 Å². The Morgan fingerprint density at radius 2 is 1.78 bits per heavy atom. The van der Waals surface area contributed by atoms with Gasteiger partial charge in [-0.3, -0.25) is 0 Å². The lowest BCUT2D eigenvalue weighted by Gasteiger charge is -2.54. The summed E-state index contributed by atoms with van der Waals surface area (Å²) in [6.45, 7) is 0. The normalized spacial score (nSPS) is 41.3. The Balaban J connectivity index is 1.72. The van der Waals surface area contributed by atoms with Crippen molar-refractivity contribution in [1.82, 2.24) is 9.78 Å². The third-order valence-electron chi connectivity index (χ3n) is 5.39. The van der Waals surface area contributed by atoms with E-state index in [2.05, 4.69) is 9.78 Å². The maximum atomic E-state index is 5.84. The van der Waals surface area contributed by atoms with Gasteiger partial charge in [-0.25, -0.2) is 4.68 Å². The van der Waals surface area contributed by atoms with Crippen LogP contribution >= 0.6 is 0 Å². The molecule has 4 aliphatic rings. The van der Waals surface area contributed by atoms with Gasteiger partial charge in [-0.15, -0.1) is 0 Å². The average molecular weight is 247 g/mol. The average Bonchev–Trinajstić information content (AvgIpc) is 2.69. The van der Waals surface area contributed by atoms with E-state index in [4.69, 9.17) is 10.5 Å². The Morgan fingerprint density at radius 3 is 2.33 bits per heavy atom. The van der Waals surface area contributed by atoms with Crippen molar-refractivity contribution < 1.29 is 4.74 Å². The highest BCUT2D eigenvalue weighted by Gasteiger charge is 2.49. The van der Waals surface area contributed by atoms with E-state index in [1.54, 1.807) is 7.11 Å². The molecule has 98 valence electrons. The zero-order chi connectivity index (χ0) is 12.3. The van der Waals surface area contributed by atoms with Crippen LogP contribution in [0.3, 0.4) is 0 Å². The van der Waals surface area contributed by atoms with Crippen molar-refractivity contribution in [2.24, 2.45) is 23.7 Å².